The molecule has 0 amide bonds. The van der Waals surface area contributed by atoms with Gasteiger partial charge in [0.1, 0.15) is 42.0 Å². The van der Waals surface area contributed by atoms with Gasteiger partial charge in [-0.15, -0.1) is 0 Å². The van der Waals surface area contributed by atoms with Gasteiger partial charge in [0.15, 0.2) is 0 Å². The van der Waals surface area contributed by atoms with Crippen molar-refractivity contribution >= 4 is 12.0 Å². The summed E-state index contributed by atoms with van der Waals surface area (Å²) in [6, 6.07) is 14.6. The smallest absolute Gasteiger partial charge is 0.416 e. The van der Waals surface area contributed by atoms with Crippen molar-refractivity contribution in [3.8, 4) is 23.0 Å². The molecule has 3 aromatic carbocycles. The van der Waals surface area contributed by atoms with E-state index >= 15 is 0 Å². The van der Waals surface area contributed by atoms with Crippen LogP contribution in [0.1, 0.15) is 23.1 Å². The number of hydrogen-bond acceptors (Lipinski definition) is 5. The van der Waals surface area contributed by atoms with Gasteiger partial charge in [-0.25, -0.2) is 4.39 Å². The third-order valence-corrected chi connectivity index (χ3v) is 6.63. The summed E-state index contributed by atoms with van der Waals surface area (Å²) in [5.74, 6) is -1.18. The topological polar surface area (TPSA) is 68.2 Å². The number of carboxylic acids is 1. The third kappa shape index (κ3) is 6.34. The van der Waals surface area contributed by atoms with Crippen LogP contribution in [0.15, 0.2) is 66.2 Å². The minimum atomic E-state index is -4.65. The van der Waals surface area contributed by atoms with Crippen LogP contribution in [0.5, 0.6) is 23.0 Å². The molecule has 10 heteroatoms. The van der Waals surface area contributed by atoms with Crippen molar-refractivity contribution in [1.29, 1.82) is 0 Å². The van der Waals surface area contributed by atoms with E-state index in [1.165, 1.54) is 18.2 Å². The van der Waals surface area contributed by atoms with Gasteiger partial charge in [-0.05, 0) is 48.9 Å². The summed E-state index contributed by atoms with van der Waals surface area (Å²) in [6.07, 6.45) is -2.42. The third-order valence-electron chi connectivity index (χ3n) is 6.63. The number of carboxylic acid groups (broad SMARTS) is 1. The average molecular weight is 544 g/mol. The Labute approximate surface area is 222 Å². The fourth-order valence-electron chi connectivity index (χ4n) is 4.68. The van der Waals surface area contributed by atoms with Crippen molar-refractivity contribution < 1.29 is 41.7 Å². The van der Waals surface area contributed by atoms with Gasteiger partial charge in [0.2, 0.25) is 0 Å². The van der Waals surface area contributed by atoms with Crippen LogP contribution in [0.2, 0.25) is 0 Å². The molecule has 0 bridgehead atoms. The highest BCUT2D eigenvalue weighted by Gasteiger charge is 2.34. The molecule has 1 unspecified atom stereocenters. The zero-order valence-corrected chi connectivity index (χ0v) is 20.7. The molecule has 2 aliphatic heterocycles. The first-order valence-electron chi connectivity index (χ1n) is 12.3. The Bertz CT molecular complexity index is 1390. The molecule has 1 N–H and O–H groups in total. The van der Waals surface area contributed by atoms with E-state index in [2.05, 4.69) is 0 Å². The van der Waals surface area contributed by atoms with Gasteiger partial charge in [-0.1, -0.05) is 24.3 Å². The number of halogens is 4. The van der Waals surface area contributed by atoms with Crippen LogP contribution in [-0.2, 0) is 17.6 Å². The molecule has 0 aromatic heterocycles. The monoisotopic (exact) mass is 543 g/mol. The predicted octanol–water partition coefficient (Wildman–Crippen LogP) is 6.40. The number of fused-ring (bicyclic) bond motifs is 1. The van der Waals surface area contributed by atoms with E-state index < -0.39 is 36.1 Å². The standard InChI is InChI=1S/C29H25F4NO5/c30-26-12-23(13-27-24(26)10-18(16-38-27)14-34-9-8-19(15-34)28(35)36)37-17-20-6-7-22(11-25(20)29(31,32)33)39-21-4-2-1-3-5-21/h1-7,10-13,19H,8-9,14-17H2,(H,35,36). The molecule has 0 saturated carbocycles. The van der Waals surface area contributed by atoms with Crippen LogP contribution >= 0.6 is 0 Å². The van der Waals surface area contributed by atoms with Crippen molar-refractivity contribution in [2.45, 2.75) is 19.2 Å². The second-order valence-electron chi connectivity index (χ2n) is 9.49. The maximum Gasteiger partial charge on any atom is 0.416 e. The highest BCUT2D eigenvalue weighted by molar-refractivity contribution is 5.70. The number of aliphatic carboxylic acids is 1. The summed E-state index contributed by atoms with van der Waals surface area (Å²) in [6.45, 7) is 1.26. The highest BCUT2D eigenvalue weighted by atomic mass is 19.4. The number of rotatable bonds is 8. The lowest BCUT2D eigenvalue weighted by Gasteiger charge is -2.23. The van der Waals surface area contributed by atoms with Gasteiger partial charge >= 0.3 is 12.1 Å². The summed E-state index contributed by atoms with van der Waals surface area (Å²) < 4.78 is 73.1. The van der Waals surface area contributed by atoms with Gasteiger partial charge < -0.3 is 19.3 Å². The van der Waals surface area contributed by atoms with Crippen molar-refractivity contribution in [3.05, 3.63) is 88.7 Å². The molecule has 204 valence electrons. The van der Waals surface area contributed by atoms with Crippen molar-refractivity contribution in [2.75, 3.05) is 26.2 Å². The molecule has 2 aliphatic rings. The first-order chi connectivity index (χ1) is 18.7. The van der Waals surface area contributed by atoms with Crippen LogP contribution in [0.4, 0.5) is 17.6 Å². The Hall–Kier alpha value is -4.05. The Balaban J connectivity index is 1.28. The SMILES string of the molecule is O=C(O)C1CCN(CC2=Cc3c(F)cc(OCc4ccc(Oc5ccccc5)cc4C(F)(F)F)cc3OC2)C1. The molecule has 0 spiro atoms. The number of likely N-dealkylation sites (tertiary alicyclic amines) is 1. The largest absolute Gasteiger partial charge is 0.489 e. The molecule has 3 aromatic rings. The fourth-order valence-corrected chi connectivity index (χ4v) is 4.68. The quantitative estimate of drug-likeness (QED) is 0.332. The molecule has 1 saturated heterocycles. The summed E-state index contributed by atoms with van der Waals surface area (Å²) in [7, 11) is 0. The molecule has 5 rings (SSSR count). The fraction of sp³-hybridized carbons (Fsp3) is 0.276. The zero-order chi connectivity index (χ0) is 27.6. The summed E-state index contributed by atoms with van der Waals surface area (Å²) in [4.78, 5) is 13.2. The Morgan fingerprint density at radius 2 is 1.85 bits per heavy atom. The van der Waals surface area contributed by atoms with Crippen LogP contribution in [0.25, 0.3) is 6.08 Å². The van der Waals surface area contributed by atoms with Gasteiger partial charge in [-0.3, -0.25) is 9.69 Å². The second kappa shape index (κ2) is 11.0. The van der Waals surface area contributed by atoms with Crippen LogP contribution in [0.3, 0.4) is 0 Å². The molecular weight excluding hydrogens is 518 g/mol. The van der Waals surface area contributed by atoms with E-state index in [0.29, 0.717) is 31.8 Å². The summed E-state index contributed by atoms with van der Waals surface area (Å²) in [5.41, 5.74) is -0.0237. The predicted molar refractivity (Wildman–Crippen MR) is 134 cm³/mol. The van der Waals surface area contributed by atoms with E-state index in [1.807, 2.05) is 4.90 Å². The zero-order valence-electron chi connectivity index (χ0n) is 20.7. The Morgan fingerprint density at radius 1 is 1.05 bits per heavy atom. The van der Waals surface area contributed by atoms with Gasteiger partial charge in [-0.2, -0.15) is 13.2 Å². The summed E-state index contributed by atoms with van der Waals surface area (Å²) in [5, 5.41) is 9.18. The van der Waals surface area contributed by atoms with E-state index in [1.54, 1.807) is 36.4 Å². The summed E-state index contributed by atoms with van der Waals surface area (Å²) >= 11 is 0. The lowest BCUT2D eigenvalue weighted by Crippen LogP contribution is -2.27. The first-order valence-corrected chi connectivity index (χ1v) is 12.3. The van der Waals surface area contributed by atoms with Crippen molar-refractivity contribution in [3.63, 3.8) is 0 Å². The number of benzene rings is 3. The van der Waals surface area contributed by atoms with Gasteiger partial charge in [0.25, 0.3) is 0 Å². The lowest BCUT2D eigenvalue weighted by atomic mass is 10.1. The molecule has 2 heterocycles. The Morgan fingerprint density at radius 3 is 2.56 bits per heavy atom. The number of hydrogen-bond donors (Lipinski definition) is 1. The second-order valence-corrected chi connectivity index (χ2v) is 9.49. The molecular formula is C29H25F4NO5. The Kier molecular flexibility index (Phi) is 7.47. The molecule has 1 atom stereocenters. The highest BCUT2D eigenvalue weighted by Crippen LogP contribution is 2.37. The number of para-hydroxylation sites is 1. The number of nitrogens with zero attached hydrogens (tertiary/aromatic N) is 1. The molecule has 0 aliphatic carbocycles. The van der Waals surface area contributed by atoms with E-state index in [-0.39, 0.29) is 35.0 Å². The van der Waals surface area contributed by atoms with Crippen LogP contribution in [0, 0.1) is 11.7 Å². The lowest BCUT2D eigenvalue weighted by molar-refractivity contribution is -0.141. The van der Waals surface area contributed by atoms with Crippen LogP contribution in [-0.4, -0.2) is 42.2 Å². The van der Waals surface area contributed by atoms with Gasteiger partial charge in [0.05, 0.1) is 17.0 Å². The maximum absolute atomic E-state index is 14.9. The van der Waals surface area contributed by atoms with Crippen molar-refractivity contribution in [1.82, 2.24) is 4.90 Å². The normalized spacial score (nSPS) is 17.2. The maximum atomic E-state index is 14.9. The first kappa shape index (κ1) is 26.6. The van der Waals surface area contributed by atoms with Gasteiger partial charge in [0, 0.05) is 30.8 Å². The molecule has 1 fully saturated rings. The molecule has 39 heavy (non-hydrogen) atoms. The van der Waals surface area contributed by atoms with E-state index in [9.17, 15) is 27.5 Å². The number of carbonyl (C=O) groups is 1. The van der Waals surface area contributed by atoms with Crippen molar-refractivity contribution in [2.24, 2.45) is 5.92 Å². The van der Waals surface area contributed by atoms with Crippen LogP contribution < -0.4 is 14.2 Å². The minimum Gasteiger partial charge on any atom is -0.489 e. The van der Waals surface area contributed by atoms with E-state index in [4.69, 9.17) is 14.2 Å². The molecule has 0 radical (unpaired) electrons. The number of ether oxygens (including phenoxy) is 3. The number of alkyl halides is 3. The average Bonchev–Trinajstić information content (AvgIpc) is 3.37. The minimum absolute atomic E-state index is 0.0282. The van der Waals surface area contributed by atoms with E-state index in [0.717, 1.165) is 17.7 Å². The molecule has 6 nitrogen and oxygen atoms in total.